The third-order valence-corrected chi connectivity index (χ3v) is 4.28. The predicted molar refractivity (Wildman–Crippen MR) is 91.1 cm³/mol. The molecule has 0 bridgehead atoms. The van der Waals surface area contributed by atoms with E-state index in [2.05, 4.69) is 28.2 Å². The summed E-state index contributed by atoms with van der Waals surface area (Å²) >= 11 is 6.02. The molecule has 4 N–H and O–H groups in total. The summed E-state index contributed by atoms with van der Waals surface area (Å²) in [5, 5.41) is 5.50. The number of fused-ring (bicyclic) bond motifs is 1. The van der Waals surface area contributed by atoms with Crippen LogP contribution in [0.2, 0.25) is 0 Å². The minimum atomic E-state index is -0.284. The lowest BCUT2D eigenvalue weighted by atomic mass is 10.3. The second kappa shape index (κ2) is 5.74. The van der Waals surface area contributed by atoms with Crippen LogP contribution in [0, 0.1) is 6.92 Å². The van der Waals surface area contributed by atoms with Gasteiger partial charge < -0.3 is 5.73 Å². The number of carbonyl (C=O) groups excluding carboxylic acids is 1. The number of aromatic nitrogens is 2. The molecule has 0 aliphatic rings. The van der Waals surface area contributed by atoms with Crippen molar-refractivity contribution < 1.29 is 4.79 Å². The molecule has 0 unspecified atom stereocenters. The summed E-state index contributed by atoms with van der Waals surface area (Å²) in [6.07, 6.45) is 0. The number of thiophene rings is 1. The van der Waals surface area contributed by atoms with Gasteiger partial charge >= 0.3 is 0 Å². The molecule has 0 spiro atoms. The van der Waals surface area contributed by atoms with Crippen molar-refractivity contribution in [2.24, 2.45) is 5.73 Å². The number of hydrogen-bond donors (Lipinski definition) is 3. The Labute approximate surface area is 135 Å². The highest BCUT2D eigenvalue weighted by Gasteiger charge is 2.17. The summed E-state index contributed by atoms with van der Waals surface area (Å²) in [5.74, 6) is -0.284. The van der Waals surface area contributed by atoms with E-state index >= 15 is 0 Å². The van der Waals surface area contributed by atoms with Crippen molar-refractivity contribution in [2.45, 2.75) is 6.92 Å². The quantitative estimate of drug-likeness (QED) is 0.493. The van der Waals surface area contributed by atoms with Crippen molar-refractivity contribution in [1.29, 1.82) is 0 Å². The summed E-state index contributed by atoms with van der Waals surface area (Å²) in [6, 6.07) is 11.6. The lowest BCUT2D eigenvalue weighted by molar-refractivity contribution is 0.0948. The second-order valence-corrected chi connectivity index (χ2v) is 6.08. The Morgan fingerprint density at radius 2 is 2.05 bits per heavy atom. The summed E-state index contributed by atoms with van der Waals surface area (Å²) < 4.78 is 1.84. The van der Waals surface area contributed by atoms with Gasteiger partial charge in [-0.3, -0.25) is 15.6 Å². The molecular weight excluding hydrogens is 318 g/mol. The molecule has 112 valence electrons. The van der Waals surface area contributed by atoms with Gasteiger partial charge in [0.1, 0.15) is 4.83 Å². The number of thiocarbonyl (C=S) groups is 1. The predicted octanol–water partition coefficient (Wildman–Crippen LogP) is 1.87. The number of nitrogens with two attached hydrogens (primary N) is 1. The molecule has 1 amide bonds. The smallest absolute Gasteiger partial charge is 0.279 e. The molecule has 0 radical (unpaired) electrons. The SMILES string of the molecule is Cc1nn(-c2ccccc2)c2sc(C(=O)NNC(N)=S)cc12. The van der Waals surface area contributed by atoms with E-state index in [1.807, 2.05) is 48.0 Å². The number of hydrazine groups is 1. The Kier molecular flexibility index (Phi) is 3.78. The number of benzene rings is 1. The third kappa shape index (κ3) is 2.66. The minimum Gasteiger partial charge on any atom is -0.375 e. The number of nitrogens with zero attached hydrogens (tertiary/aromatic N) is 2. The average Bonchev–Trinajstić information content (AvgIpc) is 3.07. The van der Waals surface area contributed by atoms with Crippen LogP contribution in [-0.4, -0.2) is 20.8 Å². The van der Waals surface area contributed by atoms with E-state index in [4.69, 9.17) is 5.73 Å². The van der Waals surface area contributed by atoms with E-state index in [0.717, 1.165) is 21.6 Å². The lowest BCUT2D eigenvalue weighted by Crippen LogP contribution is -2.44. The van der Waals surface area contributed by atoms with Gasteiger partial charge in [0, 0.05) is 5.39 Å². The van der Waals surface area contributed by atoms with Crippen LogP contribution in [0.25, 0.3) is 15.9 Å². The molecule has 2 heterocycles. The molecule has 3 aromatic rings. The van der Waals surface area contributed by atoms with E-state index in [1.54, 1.807) is 0 Å². The van der Waals surface area contributed by atoms with Gasteiger partial charge in [-0.05, 0) is 37.3 Å². The highest BCUT2D eigenvalue weighted by Crippen LogP contribution is 2.30. The number of para-hydroxylation sites is 1. The number of hydrogen-bond acceptors (Lipinski definition) is 4. The normalized spacial score (nSPS) is 10.6. The Hall–Kier alpha value is -2.45. The number of rotatable bonds is 2. The maximum absolute atomic E-state index is 12.1. The Balaban J connectivity index is 2.00. The van der Waals surface area contributed by atoms with Crippen molar-refractivity contribution in [1.82, 2.24) is 20.6 Å². The minimum absolute atomic E-state index is 0.0149. The van der Waals surface area contributed by atoms with Crippen molar-refractivity contribution in [3.05, 3.63) is 47.0 Å². The molecular formula is C14H13N5OS2. The van der Waals surface area contributed by atoms with E-state index in [9.17, 15) is 4.79 Å². The van der Waals surface area contributed by atoms with Crippen LogP contribution in [-0.2, 0) is 0 Å². The van der Waals surface area contributed by atoms with Gasteiger partial charge in [0.2, 0.25) is 0 Å². The lowest BCUT2D eigenvalue weighted by Gasteiger charge is -2.04. The van der Waals surface area contributed by atoms with Gasteiger partial charge in [-0.2, -0.15) is 5.10 Å². The van der Waals surface area contributed by atoms with Crippen molar-refractivity contribution in [3.8, 4) is 5.69 Å². The summed E-state index contributed by atoms with van der Waals surface area (Å²) in [5.41, 5.74) is 12.0. The van der Waals surface area contributed by atoms with Crippen molar-refractivity contribution >= 4 is 44.8 Å². The second-order valence-electron chi connectivity index (χ2n) is 4.61. The monoisotopic (exact) mass is 331 g/mol. The van der Waals surface area contributed by atoms with Crippen LogP contribution < -0.4 is 16.6 Å². The molecule has 0 aliphatic heterocycles. The molecule has 0 fully saturated rings. The zero-order valence-electron chi connectivity index (χ0n) is 11.7. The zero-order chi connectivity index (χ0) is 15.7. The largest absolute Gasteiger partial charge is 0.375 e. The van der Waals surface area contributed by atoms with Gasteiger partial charge in [0.15, 0.2) is 5.11 Å². The molecule has 0 atom stereocenters. The number of nitrogens with one attached hydrogen (secondary N) is 2. The van der Waals surface area contributed by atoms with Crippen LogP contribution in [0.4, 0.5) is 0 Å². The van der Waals surface area contributed by atoms with E-state index < -0.39 is 0 Å². The fourth-order valence-corrected chi connectivity index (χ4v) is 3.21. The van der Waals surface area contributed by atoms with Crippen LogP contribution in [0.15, 0.2) is 36.4 Å². The molecule has 3 rings (SSSR count). The first kappa shape index (κ1) is 14.5. The van der Waals surface area contributed by atoms with Gasteiger partial charge in [0.25, 0.3) is 5.91 Å². The Morgan fingerprint density at radius 1 is 1.32 bits per heavy atom. The maximum atomic E-state index is 12.1. The van der Waals surface area contributed by atoms with Crippen LogP contribution in [0.5, 0.6) is 0 Å². The third-order valence-electron chi connectivity index (χ3n) is 3.07. The number of amides is 1. The van der Waals surface area contributed by atoms with Gasteiger partial charge in [-0.15, -0.1) is 11.3 Å². The van der Waals surface area contributed by atoms with Gasteiger partial charge in [0.05, 0.1) is 16.3 Å². The van der Waals surface area contributed by atoms with Crippen LogP contribution >= 0.6 is 23.6 Å². The van der Waals surface area contributed by atoms with Crippen molar-refractivity contribution in [2.75, 3.05) is 0 Å². The molecule has 0 aliphatic carbocycles. The first-order chi connectivity index (χ1) is 10.6. The standard InChI is InChI=1S/C14H13N5OS2/c1-8-10-7-11(12(20)16-17-14(15)21)22-13(10)19(18-8)9-5-3-2-4-6-9/h2-7H,1H3,(H,16,20)(H3,15,17,21). The van der Waals surface area contributed by atoms with E-state index in [0.29, 0.717) is 4.88 Å². The molecule has 6 nitrogen and oxygen atoms in total. The first-order valence-electron chi connectivity index (χ1n) is 6.46. The maximum Gasteiger partial charge on any atom is 0.279 e. The summed E-state index contributed by atoms with van der Waals surface area (Å²) in [6.45, 7) is 1.92. The van der Waals surface area contributed by atoms with Crippen LogP contribution in [0.3, 0.4) is 0 Å². The fraction of sp³-hybridized carbons (Fsp3) is 0.0714. The molecule has 0 saturated heterocycles. The molecule has 2 aromatic heterocycles. The molecule has 0 saturated carbocycles. The fourth-order valence-electron chi connectivity index (χ4n) is 2.08. The Bertz CT molecular complexity index is 853. The first-order valence-corrected chi connectivity index (χ1v) is 7.69. The molecule has 8 heteroatoms. The molecule has 1 aromatic carbocycles. The number of carbonyl (C=O) groups is 1. The zero-order valence-corrected chi connectivity index (χ0v) is 13.3. The number of aryl methyl sites for hydroxylation is 1. The van der Waals surface area contributed by atoms with E-state index in [-0.39, 0.29) is 11.0 Å². The highest BCUT2D eigenvalue weighted by molar-refractivity contribution is 7.80. The molecule has 22 heavy (non-hydrogen) atoms. The topological polar surface area (TPSA) is 85.0 Å². The average molecular weight is 331 g/mol. The summed E-state index contributed by atoms with van der Waals surface area (Å²) in [7, 11) is 0. The van der Waals surface area contributed by atoms with E-state index in [1.165, 1.54) is 11.3 Å². The van der Waals surface area contributed by atoms with Crippen LogP contribution in [0.1, 0.15) is 15.4 Å². The van der Waals surface area contributed by atoms with Gasteiger partial charge in [-0.25, -0.2) is 4.68 Å². The summed E-state index contributed by atoms with van der Waals surface area (Å²) in [4.78, 5) is 13.5. The van der Waals surface area contributed by atoms with Gasteiger partial charge in [-0.1, -0.05) is 18.2 Å². The van der Waals surface area contributed by atoms with Crippen molar-refractivity contribution in [3.63, 3.8) is 0 Å². The Morgan fingerprint density at radius 3 is 2.73 bits per heavy atom. The highest BCUT2D eigenvalue weighted by atomic mass is 32.1.